The molecule has 0 aliphatic heterocycles. The van der Waals surface area contributed by atoms with E-state index in [4.69, 9.17) is 11.6 Å². The summed E-state index contributed by atoms with van der Waals surface area (Å²) in [6.45, 7) is 12.5. The molecule has 0 aliphatic carbocycles. The van der Waals surface area contributed by atoms with Crippen LogP contribution in [0.5, 0.6) is 0 Å². The quantitative estimate of drug-likeness (QED) is 0.722. The van der Waals surface area contributed by atoms with Gasteiger partial charge in [0, 0.05) is 17.1 Å². The Hall–Kier alpha value is -0.570. The zero-order valence-corrected chi connectivity index (χ0v) is 14.1. The van der Waals surface area contributed by atoms with E-state index in [2.05, 4.69) is 50.0 Å². The van der Waals surface area contributed by atoms with Crippen molar-refractivity contribution in [3.63, 3.8) is 0 Å². The molecule has 1 aromatic carbocycles. The highest BCUT2D eigenvalue weighted by Crippen LogP contribution is 2.17. The molecule has 0 saturated carbocycles. The summed E-state index contributed by atoms with van der Waals surface area (Å²) >= 11 is 5.92. The third kappa shape index (κ3) is 6.25. The molecule has 0 amide bonds. The highest BCUT2D eigenvalue weighted by atomic mass is 35.5. The smallest absolute Gasteiger partial charge is 0.0406 e. The van der Waals surface area contributed by atoms with E-state index in [0.29, 0.717) is 12.1 Å². The predicted octanol–water partition coefficient (Wildman–Crippen LogP) is 4.50. The van der Waals surface area contributed by atoms with Crippen molar-refractivity contribution in [1.29, 1.82) is 0 Å². The fourth-order valence-electron chi connectivity index (χ4n) is 2.52. The van der Waals surface area contributed by atoms with Gasteiger partial charge in [-0.25, -0.2) is 0 Å². The Labute approximate surface area is 129 Å². The van der Waals surface area contributed by atoms with Crippen LogP contribution in [-0.2, 0) is 0 Å². The molecule has 20 heavy (non-hydrogen) atoms. The van der Waals surface area contributed by atoms with Crippen molar-refractivity contribution in [3.05, 3.63) is 34.9 Å². The Balaban J connectivity index is 2.31. The summed E-state index contributed by atoms with van der Waals surface area (Å²) in [5.74, 6) is 0. The normalized spacial score (nSPS) is 14.5. The number of nitrogens with one attached hydrogen (secondary N) is 1. The van der Waals surface area contributed by atoms with Gasteiger partial charge in [-0.2, -0.15) is 0 Å². The maximum Gasteiger partial charge on any atom is 0.0406 e. The maximum atomic E-state index is 5.92. The van der Waals surface area contributed by atoms with Crippen LogP contribution in [0.1, 0.15) is 52.1 Å². The molecule has 0 saturated heterocycles. The van der Waals surface area contributed by atoms with Crippen molar-refractivity contribution in [2.24, 2.45) is 0 Å². The van der Waals surface area contributed by atoms with Crippen molar-refractivity contribution in [2.45, 2.75) is 52.6 Å². The summed E-state index contributed by atoms with van der Waals surface area (Å²) in [5.41, 5.74) is 1.30. The van der Waals surface area contributed by atoms with E-state index in [9.17, 15) is 0 Å². The number of hydrogen-bond acceptors (Lipinski definition) is 2. The van der Waals surface area contributed by atoms with Gasteiger partial charge < -0.3 is 10.2 Å². The zero-order valence-electron chi connectivity index (χ0n) is 13.3. The second-order valence-electron chi connectivity index (χ2n) is 5.51. The highest BCUT2D eigenvalue weighted by molar-refractivity contribution is 6.30. The van der Waals surface area contributed by atoms with Crippen LogP contribution in [-0.4, -0.2) is 30.6 Å². The Kier molecular flexibility index (Phi) is 8.20. The fourth-order valence-corrected chi connectivity index (χ4v) is 2.64. The van der Waals surface area contributed by atoms with Gasteiger partial charge in [0.05, 0.1) is 0 Å². The minimum atomic E-state index is 0.371. The van der Waals surface area contributed by atoms with Crippen LogP contribution in [0, 0.1) is 0 Å². The molecule has 2 nitrogen and oxygen atoms in total. The molecule has 2 atom stereocenters. The molecule has 0 bridgehead atoms. The van der Waals surface area contributed by atoms with Gasteiger partial charge in [0.2, 0.25) is 0 Å². The second kappa shape index (κ2) is 9.38. The van der Waals surface area contributed by atoms with Gasteiger partial charge in [0.1, 0.15) is 0 Å². The van der Waals surface area contributed by atoms with Gasteiger partial charge in [0.15, 0.2) is 0 Å². The van der Waals surface area contributed by atoms with E-state index >= 15 is 0 Å². The maximum absolute atomic E-state index is 5.92. The van der Waals surface area contributed by atoms with Gasteiger partial charge in [0.25, 0.3) is 0 Å². The Bertz CT molecular complexity index is 360. The molecule has 0 fully saturated rings. The lowest BCUT2D eigenvalue weighted by Crippen LogP contribution is -2.30. The average molecular weight is 297 g/mol. The number of rotatable bonds is 9. The van der Waals surface area contributed by atoms with Crippen LogP contribution in [0.2, 0.25) is 5.02 Å². The highest BCUT2D eigenvalue weighted by Gasteiger charge is 2.09. The molecule has 0 spiro atoms. The first-order valence-electron chi connectivity index (χ1n) is 7.80. The topological polar surface area (TPSA) is 15.3 Å². The first kappa shape index (κ1) is 17.5. The van der Waals surface area contributed by atoms with E-state index < -0.39 is 0 Å². The number of nitrogens with zero attached hydrogens (tertiary/aromatic N) is 1. The average Bonchev–Trinajstić information content (AvgIpc) is 2.44. The van der Waals surface area contributed by atoms with E-state index in [1.54, 1.807) is 0 Å². The van der Waals surface area contributed by atoms with Crippen molar-refractivity contribution in [1.82, 2.24) is 10.2 Å². The van der Waals surface area contributed by atoms with Crippen LogP contribution in [0.4, 0.5) is 0 Å². The van der Waals surface area contributed by atoms with Gasteiger partial charge >= 0.3 is 0 Å². The van der Waals surface area contributed by atoms with Crippen molar-refractivity contribution in [2.75, 3.05) is 19.6 Å². The van der Waals surface area contributed by atoms with E-state index in [-0.39, 0.29) is 0 Å². The summed E-state index contributed by atoms with van der Waals surface area (Å²) in [6, 6.07) is 9.03. The zero-order chi connectivity index (χ0) is 15.0. The lowest BCUT2D eigenvalue weighted by atomic mass is 10.1. The molecule has 114 valence electrons. The largest absolute Gasteiger partial charge is 0.308 e. The van der Waals surface area contributed by atoms with Crippen LogP contribution in [0.3, 0.4) is 0 Å². The van der Waals surface area contributed by atoms with Crippen LogP contribution < -0.4 is 5.32 Å². The second-order valence-corrected chi connectivity index (χ2v) is 5.95. The number of hydrogen-bond donors (Lipinski definition) is 1. The first-order chi connectivity index (χ1) is 9.56. The van der Waals surface area contributed by atoms with Crippen LogP contribution in [0.15, 0.2) is 24.3 Å². The summed E-state index contributed by atoms with van der Waals surface area (Å²) in [7, 11) is 0. The standard InChI is InChI=1S/C17H29ClN2/c1-5-20(6-2)13-7-8-14(3)19-15(4)16-9-11-17(18)12-10-16/h9-12,14-15,19H,5-8,13H2,1-4H3. The van der Waals surface area contributed by atoms with E-state index in [0.717, 1.165) is 18.1 Å². The fraction of sp³-hybridized carbons (Fsp3) is 0.647. The van der Waals surface area contributed by atoms with Crippen molar-refractivity contribution >= 4 is 11.6 Å². The SMILES string of the molecule is CCN(CC)CCCC(C)NC(C)c1ccc(Cl)cc1. The van der Waals surface area contributed by atoms with Crippen molar-refractivity contribution in [3.8, 4) is 0 Å². The van der Waals surface area contributed by atoms with Crippen LogP contribution in [0.25, 0.3) is 0 Å². The lowest BCUT2D eigenvalue weighted by molar-refractivity contribution is 0.288. The van der Waals surface area contributed by atoms with Gasteiger partial charge in [-0.15, -0.1) is 0 Å². The minimum Gasteiger partial charge on any atom is -0.308 e. The third-order valence-corrected chi connectivity index (χ3v) is 4.16. The minimum absolute atomic E-state index is 0.371. The third-order valence-electron chi connectivity index (χ3n) is 3.91. The number of halogens is 1. The summed E-state index contributed by atoms with van der Waals surface area (Å²) in [6.07, 6.45) is 2.47. The van der Waals surface area contributed by atoms with Gasteiger partial charge in [-0.3, -0.25) is 0 Å². The molecular weight excluding hydrogens is 268 g/mol. The molecule has 1 N–H and O–H groups in total. The van der Waals surface area contributed by atoms with Crippen LogP contribution >= 0.6 is 11.6 Å². The van der Waals surface area contributed by atoms with E-state index in [1.165, 1.54) is 24.9 Å². The number of benzene rings is 1. The molecule has 3 heteroatoms. The molecule has 1 aromatic rings. The van der Waals surface area contributed by atoms with Gasteiger partial charge in [-0.1, -0.05) is 37.6 Å². The summed E-state index contributed by atoms with van der Waals surface area (Å²) < 4.78 is 0. The molecule has 0 radical (unpaired) electrons. The molecular formula is C17H29ClN2. The van der Waals surface area contributed by atoms with Gasteiger partial charge in [-0.05, 0) is 64.0 Å². The predicted molar refractivity (Wildman–Crippen MR) is 89.5 cm³/mol. The molecule has 0 heterocycles. The molecule has 2 unspecified atom stereocenters. The summed E-state index contributed by atoms with van der Waals surface area (Å²) in [4.78, 5) is 2.48. The first-order valence-corrected chi connectivity index (χ1v) is 8.18. The Morgan fingerprint density at radius 2 is 1.70 bits per heavy atom. The van der Waals surface area contributed by atoms with Crippen molar-refractivity contribution < 1.29 is 0 Å². The molecule has 0 aromatic heterocycles. The molecule has 1 rings (SSSR count). The monoisotopic (exact) mass is 296 g/mol. The lowest BCUT2D eigenvalue weighted by Gasteiger charge is -2.22. The summed E-state index contributed by atoms with van der Waals surface area (Å²) in [5, 5.41) is 4.46. The molecule has 0 aliphatic rings. The Morgan fingerprint density at radius 3 is 2.25 bits per heavy atom. The van der Waals surface area contributed by atoms with E-state index in [1.807, 2.05) is 12.1 Å². The Morgan fingerprint density at radius 1 is 1.10 bits per heavy atom.